The van der Waals surface area contributed by atoms with Crippen molar-refractivity contribution >= 4 is 16.2 Å². The van der Waals surface area contributed by atoms with Crippen LogP contribution in [-0.4, -0.2) is 55.8 Å². The maximum absolute atomic E-state index is 12.4. The molecule has 3 atom stereocenters. The molecule has 190 valence electrons. The van der Waals surface area contributed by atoms with Gasteiger partial charge in [0.2, 0.25) is 0 Å². The standard InChI is InChI=1S/C26H34N2O6S/c1-18-5-7-23(8-6-18)35(30,31)33-12-10-19-14-24(19)20-13-22(16-27-15-20)32-17-21-9-11-28(21)25(29)34-26(2,3)4/h5-8,13,15-16,19,21,24H,9-12,14,17H2,1-4H3/t19-,21+,24?/m1/s1. The van der Waals surface area contributed by atoms with Crippen molar-refractivity contribution in [1.29, 1.82) is 0 Å². The van der Waals surface area contributed by atoms with E-state index in [1.54, 1.807) is 35.4 Å². The molecule has 1 aliphatic heterocycles. The van der Waals surface area contributed by atoms with Crippen LogP contribution in [0.2, 0.25) is 0 Å². The number of aryl methyl sites for hydroxylation is 1. The first-order valence-electron chi connectivity index (χ1n) is 12.1. The second kappa shape index (κ2) is 10.1. The second-order valence-electron chi connectivity index (χ2n) is 10.4. The van der Waals surface area contributed by atoms with Gasteiger partial charge in [0.05, 0.1) is 23.7 Å². The third-order valence-electron chi connectivity index (χ3n) is 6.34. The van der Waals surface area contributed by atoms with Crippen molar-refractivity contribution in [1.82, 2.24) is 9.88 Å². The predicted molar refractivity (Wildman–Crippen MR) is 131 cm³/mol. The van der Waals surface area contributed by atoms with E-state index >= 15 is 0 Å². The topological polar surface area (TPSA) is 95.0 Å². The van der Waals surface area contributed by atoms with Gasteiger partial charge in [-0.1, -0.05) is 17.7 Å². The fourth-order valence-corrected chi connectivity index (χ4v) is 5.06. The number of rotatable bonds is 9. The molecule has 2 aliphatic rings. The molecule has 0 bridgehead atoms. The van der Waals surface area contributed by atoms with Crippen molar-refractivity contribution < 1.29 is 26.9 Å². The summed E-state index contributed by atoms with van der Waals surface area (Å²) in [6.45, 7) is 8.69. The van der Waals surface area contributed by atoms with Crippen LogP contribution in [0.3, 0.4) is 0 Å². The Morgan fingerprint density at radius 2 is 1.91 bits per heavy atom. The van der Waals surface area contributed by atoms with Crippen molar-refractivity contribution in [3.8, 4) is 5.75 Å². The van der Waals surface area contributed by atoms with Crippen molar-refractivity contribution in [2.24, 2.45) is 5.92 Å². The molecule has 1 aromatic carbocycles. The molecule has 9 heteroatoms. The van der Waals surface area contributed by atoms with Crippen molar-refractivity contribution in [3.05, 3.63) is 53.9 Å². The number of amides is 1. The first-order valence-corrected chi connectivity index (χ1v) is 13.5. The van der Waals surface area contributed by atoms with Gasteiger partial charge in [-0.3, -0.25) is 9.17 Å². The fraction of sp³-hybridized carbons (Fsp3) is 0.538. The summed E-state index contributed by atoms with van der Waals surface area (Å²) in [5.74, 6) is 1.34. The summed E-state index contributed by atoms with van der Waals surface area (Å²) in [6.07, 6.45) is 5.70. The van der Waals surface area contributed by atoms with E-state index < -0.39 is 15.7 Å². The van der Waals surface area contributed by atoms with E-state index in [9.17, 15) is 13.2 Å². The Labute approximate surface area is 207 Å². The number of benzene rings is 1. The summed E-state index contributed by atoms with van der Waals surface area (Å²) in [7, 11) is -3.74. The molecule has 1 aromatic heterocycles. The minimum absolute atomic E-state index is 0.00481. The molecule has 2 fully saturated rings. The fourth-order valence-electron chi connectivity index (χ4n) is 4.14. The summed E-state index contributed by atoms with van der Waals surface area (Å²) in [5, 5.41) is 0. The highest BCUT2D eigenvalue weighted by Gasteiger charge is 2.39. The average Bonchev–Trinajstić information content (AvgIpc) is 3.52. The zero-order chi connectivity index (χ0) is 25.2. The third-order valence-corrected chi connectivity index (χ3v) is 7.66. The minimum atomic E-state index is -3.74. The molecule has 0 N–H and O–H groups in total. The van der Waals surface area contributed by atoms with Crippen LogP contribution in [0.4, 0.5) is 4.79 Å². The van der Waals surface area contributed by atoms with E-state index in [1.165, 1.54) is 0 Å². The average molecular weight is 503 g/mol. The smallest absolute Gasteiger partial charge is 0.410 e. The Balaban J connectivity index is 1.23. The van der Waals surface area contributed by atoms with Crippen molar-refractivity contribution in [2.45, 2.75) is 69.4 Å². The second-order valence-corrected chi connectivity index (χ2v) is 12.0. The molecule has 2 heterocycles. The summed E-state index contributed by atoms with van der Waals surface area (Å²) in [4.78, 5) is 18.5. The number of carbonyl (C=O) groups excluding carboxylic acids is 1. The van der Waals surface area contributed by atoms with Crippen LogP contribution in [0, 0.1) is 12.8 Å². The lowest BCUT2D eigenvalue weighted by Crippen LogP contribution is -2.55. The highest BCUT2D eigenvalue weighted by atomic mass is 32.2. The molecule has 0 radical (unpaired) electrons. The number of likely N-dealkylation sites (tertiary alicyclic amines) is 1. The van der Waals surface area contributed by atoms with Gasteiger partial charge in [-0.25, -0.2) is 4.79 Å². The maximum Gasteiger partial charge on any atom is 0.410 e. The maximum atomic E-state index is 12.4. The lowest BCUT2D eigenvalue weighted by atomic mass is 10.1. The van der Waals surface area contributed by atoms with E-state index in [2.05, 4.69) is 4.98 Å². The van der Waals surface area contributed by atoms with Crippen molar-refractivity contribution in [2.75, 3.05) is 19.8 Å². The molecule has 0 spiro atoms. The van der Waals surface area contributed by atoms with Gasteiger partial charge in [0.15, 0.2) is 0 Å². The van der Waals surface area contributed by atoms with Gasteiger partial charge in [-0.05, 0) is 82.6 Å². The monoisotopic (exact) mass is 502 g/mol. The highest BCUT2D eigenvalue weighted by molar-refractivity contribution is 7.86. The Morgan fingerprint density at radius 3 is 2.57 bits per heavy atom. The number of hydrogen-bond donors (Lipinski definition) is 0. The number of ether oxygens (including phenoxy) is 2. The van der Waals surface area contributed by atoms with Gasteiger partial charge in [0, 0.05) is 12.7 Å². The van der Waals surface area contributed by atoms with Crippen LogP contribution in [0.5, 0.6) is 5.75 Å². The molecule has 8 nitrogen and oxygen atoms in total. The van der Waals surface area contributed by atoms with Gasteiger partial charge >= 0.3 is 6.09 Å². The summed E-state index contributed by atoms with van der Waals surface area (Å²) in [6, 6.07) is 8.63. The van der Waals surface area contributed by atoms with E-state index in [1.807, 2.05) is 40.0 Å². The van der Waals surface area contributed by atoms with Crippen LogP contribution in [-0.2, 0) is 19.0 Å². The Hall–Kier alpha value is -2.65. The van der Waals surface area contributed by atoms with Crippen LogP contribution in [0.25, 0.3) is 0 Å². The van der Waals surface area contributed by atoms with Crippen molar-refractivity contribution in [3.63, 3.8) is 0 Å². The quantitative estimate of drug-likeness (QED) is 0.460. The van der Waals surface area contributed by atoms with Gasteiger partial charge in [-0.15, -0.1) is 0 Å². The SMILES string of the molecule is Cc1ccc(S(=O)(=O)OCC[C@@H]2CC2c2cncc(OC[C@@H]3CCN3C(=O)OC(C)(C)C)c2)cc1. The molecule has 1 amide bonds. The number of nitrogens with zero attached hydrogens (tertiary/aromatic N) is 2. The zero-order valence-corrected chi connectivity index (χ0v) is 21.6. The normalized spacial score (nSPS) is 21.8. The van der Waals surface area contributed by atoms with Gasteiger partial charge in [0.25, 0.3) is 10.1 Å². The van der Waals surface area contributed by atoms with E-state index in [4.69, 9.17) is 13.7 Å². The molecule has 1 saturated heterocycles. The zero-order valence-electron chi connectivity index (χ0n) is 20.8. The number of hydrogen-bond acceptors (Lipinski definition) is 7. The molecular weight excluding hydrogens is 468 g/mol. The van der Waals surface area contributed by atoms with Crippen LogP contribution in [0.1, 0.15) is 57.1 Å². The van der Waals surface area contributed by atoms with Gasteiger partial charge < -0.3 is 14.4 Å². The summed E-state index contributed by atoms with van der Waals surface area (Å²) < 4.78 is 41.3. The summed E-state index contributed by atoms with van der Waals surface area (Å²) >= 11 is 0. The van der Waals surface area contributed by atoms with E-state index in [0.29, 0.717) is 37.2 Å². The third kappa shape index (κ3) is 6.73. The molecule has 1 saturated carbocycles. The van der Waals surface area contributed by atoms with Gasteiger partial charge in [-0.2, -0.15) is 8.42 Å². The molecule has 1 unspecified atom stereocenters. The first kappa shape index (κ1) is 25.4. The summed E-state index contributed by atoms with van der Waals surface area (Å²) in [5.41, 5.74) is 1.55. The Bertz CT molecular complexity index is 1140. The predicted octanol–water partition coefficient (Wildman–Crippen LogP) is 4.68. The van der Waals surface area contributed by atoms with Gasteiger partial charge in [0.1, 0.15) is 18.0 Å². The number of aromatic nitrogens is 1. The lowest BCUT2D eigenvalue weighted by Gasteiger charge is -2.40. The first-order chi connectivity index (χ1) is 16.5. The largest absolute Gasteiger partial charge is 0.490 e. The van der Waals surface area contributed by atoms with E-state index in [-0.39, 0.29) is 23.6 Å². The molecule has 1 aliphatic carbocycles. The Kier molecular flexibility index (Phi) is 7.38. The molecule has 35 heavy (non-hydrogen) atoms. The van der Waals surface area contributed by atoms with Crippen LogP contribution < -0.4 is 4.74 Å². The number of carbonyl (C=O) groups is 1. The Morgan fingerprint density at radius 1 is 1.17 bits per heavy atom. The molecule has 4 rings (SSSR count). The minimum Gasteiger partial charge on any atom is -0.490 e. The molecular formula is C26H34N2O6S. The number of pyridine rings is 1. The van der Waals surface area contributed by atoms with Crippen LogP contribution in [0.15, 0.2) is 47.6 Å². The lowest BCUT2D eigenvalue weighted by molar-refractivity contribution is -0.0141. The molecule has 2 aromatic rings. The highest BCUT2D eigenvalue weighted by Crippen LogP contribution is 2.50. The van der Waals surface area contributed by atoms with E-state index in [0.717, 1.165) is 24.0 Å². The van der Waals surface area contributed by atoms with Crippen LogP contribution >= 0.6 is 0 Å².